The monoisotopic (exact) mass is 677 g/mol. The van der Waals surface area contributed by atoms with Gasteiger partial charge in [0.05, 0.1) is 6.61 Å². The summed E-state index contributed by atoms with van der Waals surface area (Å²) in [7, 11) is 0. The molecule has 2 aliphatic heterocycles. The van der Waals surface area contributed by atoms with Gasteiger partial charge in [0.2, 0.25) is 0 Å². The zero-order valence-corrected chi connectivity index (χ0v) is 29.8. The van der Waals surface area contributed by atoms with Crippen LogP contribution in [0.25, 0.3) is 23.3 Å². The van der Waals surface area contributed by atoms with Crippen LogP contribution >= 0.6 is 0 Å². The molecule has 1 fully saturated rings. The van der Waals surface area contributed by atoms with Gasteiger partial charge >= 0.3 is 0 Å². The molecule has 2 heterocycles. The quantitative estimate of drug-likeness (QED) is 0.135. The number of para-hydroxylation sites is 1. The van der Waals surface area contributed by atoms with E-state index in [4.69, 9.17) is 9.47 Å². The minimum atomic E-state index is -0.517. The van der Waals surface area contributed by atoms with E-state index in [0.717, 1.165) is 51.2 Å². The first kappa shape index (κ1) is 33.3. The van der Waals surface area contributed by atoms with Crippen LogP contribution in [0.5, 0.6) is 5.75 Å². The van der Waals surface area contributed by atoms with Gasteiger partial charge in [-0.2, -0.15) is 0 Å². The van der Waals surface area contributed by atoms with Gasteiger partial charge in [-0.1, -0.05) is 172 Å². The summed E-state index contributed by atoms with van der Waals surface area (Å²) in [5.41, 5.74) is 12.2. The second-order valence-electron chi connectivity index (χ2n) is 14.0. The highest BCUT2D eigenvalue weighted by Crippen LogP contribution is 2.55. The first-order valence-electron chi connectivity index (χ1n) is 18.1. The van der Waals surface area contributed by atoms with Gasteiger partial charge in [0.1, 0.15) is 12.4 Å². The van der Waals surface area contributed by atoms with Crippen LogP contribution in [0.4, 0.5) is 5.69 Å². The smallest absolute Gasteiger partial charge is 0.170 e. The number of ether oxygens (including phenoxy) is 2. The minimum Gasteiger partial charge on any atom is -0.489 e. The zero-order chi connectivity index (χ0) is 35.5. The van der Waals surface area contributed by atoms with Crippen molar-refractivity contribution in [1.29, 1.82) is 0 Å². The molecule has 0 spiro atoms. The summed E-state index contributed by atoms with van der Waals surface area (Å²) in [6.07, 6.45) is 6.36. The molecule has 256 valence electrons. The highest BCUT2D eigenvalue weighted by Gasteiger charge is 2.58. The summed E-state index contributed by atoms with van der Waals surface area (Å²) >= 11 is 0. The van der Waals surface area contributed by atoms with Crippen molar-refractivity contribution < 1.29 is 9.47 Å². The molecule has 0 aliphatic carbocycles. The fourth-order valence-corrected chi connectivity index (χ4v) is 7.86. The predicted molar refractivity (Wildman–Crippen MR) is 216 cm³/mol. The van der Waals surface area contributed by atoms with E-state index in [1.165, 1.54) is 22.4 Å². The van der Waals surface area contributed by atoms with Gasteiger partial charge in [-0.15, -0.1) is 0 Å². The van der Waals surface area contributed by atoms with Gasteiger partial charge < -0.3 is 14.4 Å². The molecule has 0 amide bonds. The van der Waals surface area contributed by atoms with E-state index >= 15 is 0 Å². The number of hydrogen-bond acceptors (Lipinski definition) is 3. The third kappa shape index (κ3) is 6.08. The second kappa shape index (κ2) is 14.0. The van der Waals surface area contributed by atoms with Crippen molar-refractivity contribution in [2.24, 2.45) is 0 Å². The van der Waals surface area contributed by atoms with Crippen molar-refractivity contribution in [3.05, 3.63) is 215 Å². The number of anilines is 1. The van der Waals surface area contributed by atoms with Gasteiger partial charge in [-0.25, -0.2) is 0 Å². The molecule has 6 aromatic carbocycles. The maximum atomic E-state index is 6.61. The maximum Gasteiger partial charge on any atom is 0.170 e. The lowest BCUT2D eigenvalue weighted by Gasteiger charge is -2.39. The molecule has 3 heteroatoms. The molecule has 1 atom stereocenters. The largest absolute Gasteiger partial charge is 0.489 e. The van der Waals surface area contributed by atoms with E-state index < -0.39 is 5.72 Å². The van der Waals surface area contributed by atoms with Crippen molar-refractivity contribution >= 4 is 29.0 Å². The van der Waals surface area contributed by atoms with E-state index in [1.54, 1.807) is 0 Å². The Morgan fingerprint density at radius 1 is 0.654 bits per heavy atom. The highest BCUT2D eigenvalue weighted by molar-refractivity contribution is 6.04. The zero-order valence-electron chi connectivity index (χ0n) is 29.8. The summed E-state index contributed by atoms with van der Waals surface area (Å²) in [5.74, 6) is 0.833. The molecule has 2 aliphatic rings. The summed E-state index contributed by atoms with van der Waals surface area (Å²) < 4.78 is 12.8. The van der Waals surface area contributed by atoms with E-state index in [2.05, 4.69) is 195 Å². The Labute approximate surface area is 307 Å². The molecule has 8 rings (SSSR count). The molecule has 0 radical (unpaired) electrons. The highest BCUT2D eigenvalue weighted by atomic mass is 16.5. The minimum absolute atomic E-state index is 0.193. The van der Waals surface area contributed by atoms with Crippen molar-refractivity contribution in [3.8, 4) is 5.75 Å². The Morgan fingerprint density at radius 3 is 1.81 bits per heavy atom. The van der Waals surface area contributed by atoms with Crippen LogP contribution in [0.2, 0.25) is 0 Å². The Kier molecular flexibility index (Phi) is 8.97. The summed E-state index contributed by atoms with van der Waals surface area (Å²) in [5, 5.41) is 0. The molecule has 3 nitrogen and oxygen atoms in total. The Morgan fingerprint density at radius 2 is 1.19 bits per heavy atom. The summed E-state index contributed by atoms with van der Waals surface area (Å²) in [4.78, 5) is 2.44. The molecule has 0 aromatic heterocycles. The molecular formula is C49H43NO2. The van der Waals surface area contributed by atoms with E-state index in [0.29, 0.717) is 13.2 Å². The third-order valence-electron chi connectivity index (χ3n) is 10.6. The molecule has 0 bridgehead atoms. The van der Waals surface area contributed by atoms with Crippen LogP contribution < -0.4 is 9.64 Å². The Bertz CT molecular complexity index is 2230. The molecule has 1 unspecified atom stereocenters. The van der Waals surface area contributed by atoms with Crippen molar-refractivity contribution in [2.45, 2.75) is 31.6 Å². The lowest BCUT2D eigenvalue weighted by atomic mass is 9.77. The lowest BCUT2D eigenvalue weighted by Crippen LogP contribution is -2.51. The SMILES string of the molecule is C=Cc1ccc(COc2ccc(/C(=C(\c3ccccc3)c3ccc(/C=C/C45OCCN4c4ccccc4C5(C)C)cc3)c3ccccc3)cc2)cc1. The maximum absolute atomic E-state index is 6.61. The van der Waals surface area contributed by atoms with Gasteiger partial charge in [0, 0.05) is 17.6 Å². The normalized spacial score (nSPS) is 17.8. The fraction of sp³-hybridized carbons (Fsp3) is 0.143. The van der Waals surface area contributed by atoms with Crippen LogP contribution in [-0.2, 0) is 16.8 Å². The number of rotatable bonds is 10. The standard InChI is InChI=1S/C49H43NO2/c1-4-36-19-21-38(22-20-36)35-51-43-29-27-42(28-30-43)47(40-15-9-6-10-16-40)46(39-13-7-5-8-14-39)41-25-23-37(24-26-41)31-32-49-48(2,3)44-17-11-12-18-45(44)50(49)33-34-52-49/h4-32H,1,33-35H2,2-3H3/b32-31+,47-46+. The average Bonchev–Trinajstić information content (AvgIpc) is 3.72. The van der Waals surface area contributed by atoms with E-state index in [-0.39, 0.29) is 5.41 Å². The number of nitrogens with zero attached hydrogens (tertiary/aromatic N) is 1. The van der Waals surface area contributed by atoms with Crippen molar-refractivity contribution in [1.82, 2.24) is 0 Å². The molecule has 0 saturated carbocycles. The van der Waals surface area contributed by atoms with E-state index in [1.807, 2.05) is 6.08 Å². The third-order valence-corrected chi connectivity index (χ3v) is 10.6. The van der Waals surface area contributed by atoms with Crippen LogP contribution in [0.15, 0.2) is 170 Å². The Balaban J connectivity index is 1.15. The van der Waals surface area contributed by atoms with Crippen LogP contribution in [0.1, 0.15) is 58.4 Å². The van der Waals surface area contributed by atoms with Gasteiger partial charge in [-0.3, -0.25) is 0 Å². The first-order chi connectivity index (χ1) is 25.5. The Hall–Kier alpha value is -5.90. The fourth-order valence-electron chi connectivity index (χ4n) is 7.86. The van der Waals surface area contributed by atoms with Gasteiger partial charge in [-0.05, 0) is 79.9 Å². The number of fused-ring (bicyclic) bond motifs is 3. The van der Waals surface area contributed by atoms with Crippen molar-refractivity contribution in [2.75, 3.05) is 18.1 Å². The molecule has 0 N–H and O–H groups in total. The van der Waals surface area contributed by atoms with Gasteiger partial charge in [0.25, 0.3) is 0 Å². The summed E-state index contributed by atoms with van der Waals surface area (Å²) in [6, 6.07) is 55.8. The molecule has 6 aromatic rings. The average molecular weight is 678 g/mol. The number of hydrogen-bond donors (Lipinski definition) is 0. The second-order valence-corrected chi connectivity index (χ2v) is 14.0. The van der Waals surface area contributed by atoms with E-state index in [9.17, 15) is 0 Å². The lowest BCUT2D eigenvalue weighted by molar-refractivity contribution is 0.000337. The topological polar surface area (TPSA) is 21.7 Å². The van der Waals surface area contributed by atoms with Crippen LogP contribution in [0.3, 0.4) is 0 Å². The van der Waals surface area contributed by atoms with Gasteiger partial charge in [0.15, 0.2) is 5.72 Å². The first-order valence-corrected chi connectivity index (χ1v) is 18.1. The van der Waals surface area contributed by atoms with Crippen LogP contribution in [-0.4, -0.2) is 18.9 Å². The molecular weight excluding hydrogens is 635 g/mol. The molecule has 1 saturated heterocycles. The number of benzene rings is 6. The van der Waals surface area contributed by atoms with Crippen molar-refractivity contribution in [3.63, 3.8) is 0 Å². The predicted octanol–water partition coefficient (Wildman–Crippen LogP) is 11.5. The summed E-state index contributed by atoms with van der Waals surface area (Å²) in [6.45, 7) is 10.5. The molecule has 52 heavy (non-hydrogen) atoms. The van der Waals surface area contributed by atoms with Crippen LogP contribution in [0, 0.1) is 0 Å².